The minimum atomic E-state index is -4.78. The number of carbonyl (C=O) groups is 1. The van der Waals surface area contributed by atoms with Gasteiger partial charge >= 0.3 is 6.18 Å². The smallest absolute Gasteiger partial charge is 0.387 e. The van der Waals surface area contributed by atoms with Crippen LogP contribution in [0.15, 0.2) is 30.6 Å². The van der Waals surface area contributed by atoms with E-state index in [9.17, 15) is 27.5 Å². The Kier molecular flexibility index (Phi) is 6.54. The first-order valence-electron chi connectivity index (χ1n) is 9.02. The zero-order valence-corrected chi connectivity index (χ0v) is 16.9. The van der Waals surface area contributed by atoms with Gasteiger partial charge in [-0.05, 0) is 43.9 Å². The molecule has 1 unspecified atom stereocenters. The number of aliphatic hydroxyl groups is 1. The maximum absolute atomic E-state index is 13.6. The van der Waals surface area contributed by atoms with Crippen molar-refractivity contribution in [1.29, 1.82) is 0 Å². The first kappa shape index (κ1) is 22.7. The Hall–Kier alpha value is -1.97. The van der Waals surface area contributed by atoms with Crippen molar-refractivity contribution in [3.8, 4) is 0 Å². The van der Waals surface area contributed by atoms with Gasteiger partial charge in [0, 0.05) is 17.4 Å². The second-order valence-corrected chi connectivity index (χ2v) is 7.92. The van der Waals surface area contributed by atoms with Gasteiger partial charge in [-0.2, -0.15) is 13.2 Å². The monoisotopic (exact) mass is 465 g/mol. The molecule has 1 amide bonds. The Morgan fingerprint density at radius 2 is 1.83 bits per heavy atom. The number of aromatic nitrogens is 2. The van der Waals surface area contributed by atoms with Gasteiger partial charge in [0.15, 0.2) is 0 Å². The third kappa shape index (κ3) is 4.84. The Balaban J connectivity index is 1.97. The lowest BCUT2D eigenvalue weighted by Crippen LogP contribution is -2.49. The molecule has 1 saturated carbocycles. The summed E-state index contributed by atoms with van der Waals surface area (Å²) in [7, 11) is 0. The normalized spacial score (nSPS) is 23.1. The van der Waals surface area contributed by atoms with Crippen LogP contribution in [0, 0.1) is 0 Å². The number of rotatable bonds is 4. The molecule has 1 fully saturated rings. The molecule has 2 heterocycles. The van der Waals surface area contributed by atoms with Crippen molar-refractivity contribution in [1.82, 2.24) is 15.3 Å². The van der Waals surface area contributed by atoms with E-state index in [0.717, 1.165) is 6.20 Å². The summed E-state index contributed by atoms with van der Waals surface area (Å²) in [6, 6.07) is 2.39. The van der Waals surface area contributed by atoms with Crippen molar-refractivity contribution in [3.05, 3.63) is 57.6 Å². The Labute approximate surface area is 179 Å². The van der Waals surface area contributed by atoms with Crippen LogP contribution in [0.25, 0.3) is 0 Å². The van der Waals surface area contributed by atoms with Crippen molar-refractivity contribution < 1.29 is 27.5 Å². The van der Waals surface area contributed by atoms with Gasteiger partial charge in [-0.15, -0.1) is 0 Å². The average molecular weight is 466 g/mol. The maximum atomic E-state index is 13.6. The fourth-order valence-corrected chi connectivity index (χ4v) is 3.93. The van der Waals surface area contributed by atoms with Gasteiger partial charge in [-0.3, -0.25) is 9.78 Å². The van der Waals surface area contributed by atoms with Crippen LogP contribution in [0.1, 0.15) is 53.5 Å². The number of nitrogens with zero attached hydrogens (tertiary/aromatic N) is 2. The van der Waals surface area contributed by atoms with Crippen molar-refractivity contribution in [3.63, 3.8) is 0 Å². The maximum Gasteiger partial charge on any atom is 0.417 e. The lowest BCUT2D eigenvalue weighted by Gasteiger charge is -2.40. The first-order chi connectivity index (χ1) is 14.0. The van der Waals surface area contributed by atoms with Crippen LogP contribution in [-0.2, 0) is 6.18 Å². The SMILES string of the molecule is O=C(NC(c1cc(Cl)ccn1)C1(O)CCC(F)CC1)c1nccc(C(F)(F)F)c1Cl. The van der Waals surface area contributed by atoms with E-state index in [0.29, 0.717) is 6.07 Å². The summed E-state index contributed by atoms with van der Waals surface area (Å²) >= 11 is 11.8. The molecule has 1 aliphatic rings. The molecule has 0 bridgehead atoms. The molecular formula is C19H17Cl2F4N3O2. The zero-order chi connectivity index (χ0) is 22.1. The summed E-state index contributed by atoms with van der Waals surface area (Å²) in [4.78, 5) is 20.6. The third-order valence-electron chi connectivity index (χ3n) is 5.04. The molecule has 1 aliphatic carbocycles. The summed E-state index contributed by atoms with van der Waals surface area (Å²) < 4.78 is 52.9. The fourth-order valence-electron chi connectivity index (χ4n) is 3.45. The molecule has 11 heteroatoms. The van der Waals surface area contributed by atoms with Crippen LogP contribution in [-0.4, -0.2) is 32.8 Å². The average Bonchev–Trinajstić information content (AvgIpc) is 2.67. The molecule has 2 aromatic rings. The van der Waals surface area contributed by atoms with Crippen molar-refractivity contribution in [2.45, 2.75) is 49.7 Å². The molecule has 2 N–H and O–H groups in total. The van der Waals surface area contributed by atoms with Crippen LogP contribution in [0.2, 0.25) is 10.0 Å². The molecule has 3 rings (SSSR count). The molecule has 30 heavy (non-hydrogen) atoms. The van der Waals surface area contributed by atoms with Crippen molar-refractivity contribution in [2.75, 3.05) is 0 Å². The molecule has 0 aromatic carbocycles. The summed E-state index contributed by atoms with van der Waals surface area (Å²) in [5.41, 5.74) is -3.26. The lowest BCUT2D eigenvalue weighted by atomic mass is 9.77. The number of alkyl halides is 4. The largest absolute Gasteiger partial charge is 0.417 e. The predicted octanol–water partition coefficient (Wildman–Crippen LogP) is 4.92. The molecular weight excluding hydrogens is 449 g/mol. The van der Waals surface area contributed by atoms with Gasteiger partial charge in [-0.25, -0.2) is 9.37 Å². The van der Waals surface area contributed by atoms with Crippen LogP contribution < -0.4 is 5.32 Å². The zero-order valence-electron chi connectivity index (χ0n) is 15.4. The van der Waals surface area contributed by atoms with E-state index in [1.54, 1.807) is 0 Å². The number of amides is 1. The van der Waals surface area contributed by atoms with E-state index < -0.39 is 46.2 Å². The summed E-state index contributed by atoms with van der Waals surface area (Å²) in [5, 5.41) is 13.0. The van der Waals surface area contributed by atoms with Gasteiger partial charge in [0.25, 0.3) is 5.91 Å². The highest BCUT2D eigenvalue weighted by Crippen LogP contribution is 2.40. The van der Waals surface area contributed by atoms with Crippen LogP contribution in [0.4, 0.5) is 17.6 Å². The summed E-state index contributed by atoms with van der Waals surface area (Å²) in [6.45, 7) is 0. The van der Waals surface area contributed by atoms with Crippen molar-refractivity contribution in [2.24, 2.45) is 0 Å². The second-order valence-electron chi connectivity index (χ2n) is 7.10. The predicted molar refractivity (Wildman–Crippen MR) is 102 cm³/mol. The van der Waals surface area contributed by atoms with E-state index in [-0.39, 0.29) is 36.4 Å². The molecule has 0 aliphatic heterocycles. The second kappa shape index (κ2) is 8.64. The Morgan fingerprint density at radius 1 is 1.20 bits per heavy atom. The quantitative estimate of drug-likeness (QED) is 0.628. The molecule has 1 atom stereocenters. The van der Waals surface area contributed by atoms with Crippen molar-refractivity contribution >= 4 is 29.1 Å². The highest BCUT2D eigenvalue weighted by molar-refractivity contribution is 6.34. The van der Waals surface area contributed by atoms with Gasteiger partial charge < -0.3 is 10.4 Å². The van der Waals surface area contributed by atoms with Gasteiger partial charge in [0.1, 0.15) is 17.9 Å². The Morgan fingerprint density at radius 3 is 2.43 bits per heavy atom. The highest BCUT2D eigenvalue weighted by atomic mass is 35.5. The number of nitrogens with one attached hydrogen (secondary N) is 1. The van der Waals surface area contributed by atoms with Gasteiger partial charge in [0.05, 0.1) is 21.9 Å². The first-order valence-corrected chi connectivity index (χ1v) is 9.77. The highest BCUT2D eigenvalue weighted by Gasteiger charge is 2.43. The minimum absolute atomic E-state index is 0.0110. The Bertz CT molecular complexity index is 934. The van der Waals surface area contributed by atoms with Gasteiger partial charge in [0.2, 0.25) is 0 Å². The number of halogens is 6. The lowest BCUT2D eigenvalue weighted by molar-refractivity contribution is -0.137. The third-order valence-corrected chi connectivity index (χ3v) is 5.66. The minimum Gasteiger partial charge on any atom is -0.387 e. The van der Waals surface area contributed by atoms with Crippen LogP contribution >= 0.6 is 23.2 Å². The van der Waals surface area contributed by atoms with E-state index in [4.69, 9.17) is 23.2 Å². The fraction of sp³-hybridized carbons (Fsp3) is 0.421. The number of hydrogen-bond donors (Lipinski definition) is 2. The topological polar surface area (TPSA) is 75.1 Å². The molecule has 162 valence electrons. The van der Waals surface area contributed by atoms with E-state index in [2.05, 4.69) is 15.3 Å². The van der Waals surface area contributed by atoms with E-state index in [1.807, 2.05) is 0 Å². The van der Waals surface area contributed by atoms with Crippen LogP contribution in [0.5, 0.6) is 0 Å². The molecule has 0 radical (unpaired) electrons. The number of pyridine rings is 2. The summed E-state index contributed by atoms with van der Waals surface area (Å²) in [5.74, 6) is -1.03. The molecule has 0 spiro atoms. The molecule has 2 aromatic heterocycles. The molecule has 0 saturated heterocycles. The van der Waals surface area contributed by atoms with E-state index in [1.165, 1.54) is 18.3 Å². The molecule has 5 nitrogen and oxygen atoms in total. The van der Waals surface area contributed by atoms with E-state index >= 15 is 0 Å². The number of hydrogen-bond acceptors (Lipinski definition) is 4. The van der Waals surface area contributed by atoms with Gasteiger partial charge in [-0.1, -0.05) is 23.2 Å². The number of carbonyl (C=O) groups excluding carboxylic acids is 1. The summed E-state index contributed by atoms with van der Waals surface area (Å²) in [6.07, 6.45) is -3.55. The standard InChI is InChI=1S/C19H17Cl2F4N3O2/c20-10-3-7-26-13(9-10)16(18(30)5-1-11(22)2-6-18)28-17(29)15-14(21)12(4-8-27-15)19(23,24)25/h3-4,7-9,11,16,30H,1-2,5-6H2,(H,28,29). The van der Waals surface area contributed by atoms with Crippen LogP contribution in [0.3, 0.4) is 0 Å².